The summed E-state index contributed by atoms with van der Waals surface area (Å²) in [6, 6.07) is 15.0. The molecule has 28 heavy (non-hydrogen) atoms. The number of aryl methyl sites for hydroxylation is 2. The van der Waals surface area contributed by atoms with Crippen LogP contribution in [0.1, 0.15) is 21.9 Å². The Hall–Kier alpha value is -3.26. The van der Waals surface area contributed by atoms with Crippen LogP contribution in [-0.2, 0) is 0 Å². The van der Waals surface area contributed by atoms with Crippen LogP contribution in [0.15, 0.2) is 63.7 Å². The number of aromatic nitrogens is 4. The predicted octanol–water partition coefficient (Wildman–Crippen LogP) is 4.55. The molecule has 0 unspecified atom stereocenters. The minimum absolute atomic E-state index is 0.208. The average molecular weight is 438 g/mol. The maximum absolute atomic E-state index is 12.6. The van der Waals surface area contributed by atoms with Gasteiger partial charge in [-0.1, -0.05) is 27.2 Å². The molecule has 1 N–H and O–H groups in total. The van der Waals surface area contributed by atoms with Gasteiger partial charge in [0.1, 0.15) is 0 Å². The van der Waals surface area contributed by atoms with Crippen molar-refractivity contribution in [3.8, 4) is 17.1 Å². The Kier molecular flexibility index (Phi) is 4.79. The number of anilines is 1. The minimum Gasteiger partial charge on any atom is -0.339 e. The number of benzene rings is 2. The lowest BCUT2D eigenvalue weighted by molar-refractivity contribution is 0.102. The van der Waals surface area contributed by atoms with Gasteiger partial charge in [0.25, 0.3) is 5.91 Å². The van der Waals surface area contributed by atoms with Crippen LogP contribution >= 0.6 is 15.9 Å². The molecule has 0 atom stereocenters. The predicted molar refractivity (Wildman–Crippen MR) is 108 cm³/mol. The molecule has 2 aromatic carbocycles. The van der Waals surface area contributed by atoms with Gasteiger partial charge in [-0.2, -0.15) is 10.1 Å². The van der Waals surface area contributed by atoms with E-state index in [-0.39, 0.29) is 5.91 Å². The third-order valence-electron chi connectivity index (χ3n) is 4.14. The zero-order valence-corrected chi connectivity index (χ0v) is 16.8. The van der Waals surface area contributed by atoms with Gasteiger partial charge in [0.05, 0.1) is 16.9 Å². The number of rotatable bonds is 4. The Labute approximate surface area is 169 Å². The van der Waals surface area contributed by atoms with Gasteiger partial charge in [-0.15, -0.1) is 0 Å². The number of carbonyl (C=O) groups is 1. The highest BCUT2D eigenvalue weighted by Gasteiger charge is 2.15. The number of carbonyl (C=O) groups excluding carboxylic acids is 1. The summed E-state index contributed by atoms with van der Waals surface area (Å²) >= 11 is 3.40. The fourth-order valence-corrected chi connectivity index (χ4v) is 3.16. The summed E-state index contributed by atoms with van der Waals surface area (Å²) in [6.07, 6.45) is 1.72. The van der Waals surface area contributed by atoms with Crippen LogP contribution in [0, 0.1) is 13.8 Å². The van der Waals surface area contributed by atoms with E-state index in [0.29, 0.717) is 28.7 Å². The molecule has 0 aliphatic heterocycles. The largest absolute Gasteiger partial charge is 0.339 e. The smallest absolute Gasteiger partial charge is 0.259 e. The van der Waals surface area contributed by atoms with Crippen LogP contribution in [0.2, 0.25) is 0 Å². The molecule has 0 aliphatic rings. The molecule has 0 radical (unpaired) electrons. The molecule has 0 fully saturated rings. The van der Waals surface area contributed by atoms with E-state index in [4.69, 9.17) is 4.52 Å². The summed E-state index contributed by atoms with van der Waals surface area (Å²) in [7, 11) is 0. The summed E-state index contributed by atoms with van der Waals surface area (Å²) in [5.41, 5.74) is 3.54. The van der Waals surface area contributed by atoms with Crippen LogP contribution in [0.3, 0.4) is 0 Å². The minimum atomic E-state index is -0.208. The highest BCUT2D eigenvalue weighted by Crippen LogP contribution is 2.20. The average Bonchev–Trinajstić information content (AvgIpc) is 3.28. The molecule has 0 spiro atoms. The second-order valence-corrected chi connectivity index (χ2v) is 7.14. The van der Waals surface area contributed by atoms with Gasteiger partial charge in [-0.25, -0.2) is 4.68 Å². The fraction of sp³-hybridized carbons (Fsp3) is 0.100. The number of hydrogen-bond acceptors (Lipinski definition) is 5. The maximum Gasteiger partial charge on any atom is 0.259 e. The molecule has 7 nitrogen and oxygen atoms in total. The molecular weight excluding hydrogens is 422 g/mol. The molecule has 2 aromatic heterocycles. The van der Waals surface area contributed by atoms with Crippen LogP contribution in [0.4, 0.5) is 5.69 Å². The summed E-state index contributed by atoms with van der Waals surface area (Å²) in [4.78, 5) is 16.8. The van der Waals surface area contributed by atoms with E-state index in [1.165, 1.54) is 0 Å². The van der Waals surface area contributed by atoms with Crippen molar-refractivity contribution in [1.82, 2.24) is 19.9 Å². The quantitative estimate of drug-likeness (QED) is 0.505. The first kappa shape index (κ1) is 18.1. The van der Waals surface area contributed by atoms with E-state index < -0.39 is 0 Å². The zero-order chi connectivity index (χ0) is 19.7. The second-order valence-electron chi connectivity index (χ2n) is 6.22. The lowest BCUT2D eigenvalue weighted by Crippen LogP contribution is -2.12. The van der Waals surface area contributed by atoms with E-state index in [9.17, 15) is 4.79 Å². The first-order valence-corrected chi connectivity index (χ1v) is 9.33. The normalized spacial score (nSPS) is 10.8. The van der Waals surface area contributed by atoms with Crippen molar-refractivity contribution in [2.45, 2.75) is 13.8 Å². The Balaban J connectivity index is 1.56. The first-order chi connectivity index (χ1) is 13.5. The highest BCUT2D eigenvalue weighted by atomic mass is 79.9. The van der Waals surface area contributed by atoms with Gasteiger partial charge in [-0.3, -0.25) is 4.79 Å². The molecule has 0 saturated carbocycles. The number of nitrogens with zero attached hydrogens (tertiary/aromatic N) is 4. The topological polar surface area (TPSA) is 85.8 Å². The monoisotopic (exact) mass is 437 g/mol. The number of halogens is 1. The summed E-state index contributed by atoms with van der Waals surface area (Å²) in [5, 5.41) is 11.3. The molecule has 0 aliphatic carbocycles. The fourth-order valence-electron chi connectivity index (χ4n) is 2.76. The Morgan fingerprint density at radius 1 is 1.14 bits per heavy atom. The molecule has 4 aromatic rings. The maximum atomic E-state index is 12.6. The molecule has 4 rings (SSSR count). The van der Waals surface area contributed by atoms with Gasteiger partial charge in [-0.05, 0) is 49.4 Å². The van der Waals surface area contributed by atoms with Gasteiger partial charge >= 0.3 is 0 Å². The van der Waals surface area contributed by atoms with Crippen LogP contribution in [0.5, 0.6) is 0 Å². The van der Waals surface area contributed by atoms with E-state index in [1.807, 2.05) is 55.5 Å². The number of nitrogens with one attached hydrogen (secondary N) is 1. The van der Waals surface area contributed by atoms with Crippen molar-refractivity contribution in [2.75, 3.05) is 5.32 Å². The van der Waals surface area contributed by atoms with Gasteiger partial charge in [0, 0.05) is 28.8 Å². The van der Waals surface area contributed by atoms with Crippen molar-refractivity contribution in [3.05, 3.63) is 76.3 Å². The second kappa shape index (κ2) is 7.40. The third kappa shape index (κ3) is 3.72. The summed E-state index contributed by atoms with van der Waals surface area (Å²) < 4.78 is 7.58. The Morgan fingerprint density at radius 2 is 1.93 bits per heavy atom. The van der Waals surface area contributed by atoms with Gasteiger partial charge in [0.2, 0.25) is 11.7 Å². The zero-order valence-electron chi connectivity index (χ0n) is 15.2. The van der Waals surface area contributed by atoms with E-state index in [2.05, 4.69) is 36.5 Å². The van der Waals surface area contributed by atoms with Crippen LogP contribution < -0.4 is 5.32 Å². The SMILES string of the molecule is Cc1nc(-c2ccc(-n3cc(C(=O)Nc4cccc(Br)c4)c(C)n3)cc2)no1. The molecule has 0 saturated heterocycles. The van der Waals surface area contributed by atoms with E-state index in [0.717, 1.165) is 15.7 Å². The highest BCUT2D eigenvalue weighted by molar-refractivity contribution is 9.10. The van der Waals surface area contributed by atoms with Gasteiger partial charge in [0.15, 0.2) is 0 Å². The molecule has 1 amide bonds. The lowest BCUT2D eigenvalue weighted by Gasteiger charge is -2.04. The molecule has 140 valence electrons. The number of amides is 1. The van der Waals surface area contributed by atoms with E-state index >= 15 is 0 Å². The summed E-state index contributed by atoms with van der Waals surface area (Å²) in [6.45, 7) is 3.56. The molecular formula is C20H16BrN5O2. The van der Waals surface area contributed by atoms with Crippen molar-refractivity contribution >= 4 is 27.5 Å². The van der Waals surface area contributed by atoms with E-state index in [1.54, 1.807) is 17.8 Å². The third-order valence-corrected chi connectivity index (χ3v) is 4.64. The standard InChI is InChI=1S/C20H16BrN5O2/c1-12-18(20(27)23-16-5-3-4-15(21)10-16)11-26(24-12)17-8-6-14(7-9-17)19-22-13(2)28-25-19/h3-11H,1-2H3,(H,23,27). The van der Waals surface area contributed by atoms with Crippen molar-refractivity contribution in [2.24, 2.45) is 0 Å². The molecule has 8 heteroatoms. The van der Waals surface area contributed by atoms with Crippen molar-refractivity contribution in [3.63, 3.8) is 0 Å². The number of hydrogen-bond donors (Lipinski definition) is 1. The van der Waals surface area contributed by atoms with Crippen LogP contribution in [0.25, 0.3) is 17.1 Å². The Morgan fingerprint density at radius 3 is 2.61 bits per heavy atom. The van der Waals surface area contributed by atoms with Gasteiger partial charge < -0.3 is 9.84 Å². The summed E-state index contributed by atoms with van der Waals surface area (Å²) in [5.74, 6) is 0.846. The van der Waals surface area contributed by atoms with Crippen molar-refractivity contribution < 1.29 is 9.32 Å². The lowest BCUT2D eigenvalue weighted by atomic mass is 10.2. The first-order valence-electron chi connectivity index (χ1n) is 8.54. The van der Waals surface area contributed by atoms with Crippen molar-refractivity contribution in [1.29, 1.82) is 0 Å². The molecule has 0 bridgehead atoms. The molecule has 2 heterocycles. The Bertz CT molecular complexity index is 1150. The van der Waals surface area contributed by atoms with Crippen LogP contribution in [-0.4, -0.2) is 25.8 Å².